The van der Waals surface area contributed by atoms with Gasteiger partial charge in [-0.25, -0.2) is 0 Å². The molecule has 0 saturated carbocycles. The van der Waals surface area contributed by atoms with E-state index >= 15 is 0 Å². The summed E-state index contributed by atoms with van der Waals surface area (Å²) in [5, 5.41) is 8.89. The number of hydrogen-bond donors (Lipinski definition) is 0. The lowest BCUT2D eigenvalue weighted by atomic mass is 10.1. The smallest absolute Gasteiger partial charge is 0.161 e. The van der Waals surface area contributed by atoms with Crippen LogP contribution in [0, 0.1) is 17.2 Å². The molecule has 0 bridgehead atoms. The second-order valence-electron chi connectivity index (χ2n) is 4.54. The molecule has 1 aliphatic heterocycles. The predicted octanol–water partition coefficient (Wildman–Crippen LogP) is 2.05. The van der Waals surface area contributed by atoms with Gasteiger partial charge in [-0.05, 0) is 30.7 Å². The van der Waals surface area contributed by atoms with Crippen LogP contribution in [0.1, 0.15) is 12.0 Å². The summed E-state index contributed by atoms with van der Waals surface area (Å²) in [5.41, 5.74) is 1.19. The first-order chi connectivity index (χ1) is 8.76. The average molecular weight is 246 g/mol. The van der Waals surface area contributed by atoms with Gasteiger partial charge in [-0.2, -0.15) is 5.26 Å². The van der Waals surface area contributed by atoms with Crippen LogP contribution < -0.4 is 9.47 Å². The summed E-state index contributed by atoms with van der Waals surface area (Å²) < 4.78 is 10.5. The van der Waals surface area contributed by atoms with E-state index < -0.39 is 0 Å². The van der Waals surface area contributed by atoms with Gasteiger partial charge in [0.05, 0.1) is 26.2 Å². The Balaban J connectivity index is 2.04. The van der Waals surface area contributed by atoms with E-state index in [1.807, 2.05) is 18.2 Å². The van der Waals surface area contributed by atoms with Crippen molar-refractivity contribution in [2.75, 3.05) is 27.3 Å². The van der Waals surface area contributed by atoms with E-state index in [2.05, 4.69) is 11.0 Å². The summed E-state index contributed by atoms with van der Waals surface area (Å²) in [6, 6.07) is 8.30. The molecule has 1 atom stereocenters. The first-order valence-corrected chi connectivity index (χ1v) is 6.09. The summed E-state index contributed by atoms with van der Waals surface area (Å²) in [6.07, 6.45) is 0.976. The number of methoxy groups -OCH3 is 2. The van der Waals surface area contributed by atoms with Gasteiger partial charge in [0.15, 0.2) is 11.5 Å². The highest BCUT2D eigenvalue weighted by Crippen LogP contribution is 2.28. The van der Waals surface area contributed by atoms with Crippen molar-refractivity contribution in [1.29, 1.82) is 5.26 Å². The number of nitriles is 1. The maximum atomic E-state index is 8.89. The predicted molar refractivity (Wildman–Crippen MR) is 68.5 cm³/mol. The van der Waals surface area contributed by atoms with Gasteiger partial charge in [-0.1, -0.05) is 6.07 Å². The molecule has 0 aliphatic carbocycles. The topological polar surface area (TPSA) is 45.5 Å². The van der Waals surface area contributed by atoms with Crippen LogP contribution >= 0.6 is 0 Å². The SMILES string of the molecule is COc1ccc(CN2CCC(C#N)C2)cc1OC. The van der Waals surface area contributed by atoms with Gasteiger partial charge < -0.3 is 9.47 Å². The molecule has 0 aromatic heterocycles. The van der Waals surface area contributed by atoms with Crippen molar-refractivity contribution in [2.24, 2.45) is 5.92 Å². The molecule has 1 aromatic carbocycles. The van der Waals surface area contributed by atoms with Crippen molar-refractivity contribution in [1.82, 2.24) is 4.90 Å². The molecule has 18 heavy (non-hydrogen) atoms. The highest BCUT2D eigenvalue weighted by molar-refractivity contribution is 5.42. The lowest BCUT2D eigenvalue weighted by Gasteiger charge is -2.16. The van der Waals surface area contributed by atoms with Crippen LogP contribution in [-0.2, 0) is 6.54 Å². The number of likely N-dealkylation sites (tertiary alicyclic amines) is 1. The molecule has 1 heterocycles. The van der Waals surface area contributed by atoms with Gasteiger partial charge in [0.2, 0.25) is 0 Å². The summed E-state index contributed by atoms with van der Waals surface area (Å²) in [5.74, 6) is 1.69. The van der Waals surface area contributed by atoms with Crippen molar-refractivity contribution in [3.05, 3.63) is 23.8 Å². The largest absolute Gasteiger partial charge is 0.493 e. The zero-order valence-corrected chi connectivity index (χ0v) is 10.8. The monoisotopic (exact) mass is 246 g/mol. The minimum Gasteiger partial charge on any atom is -0.493 e. The molecule has 0 amide bonds. The fourth-order valence-corrected chi connectivity index (χ4v) is 2.32. The second kappa shape index (κ2) is 5.74. The van der Waals surface area contributed by atoms with Gasteiger partial charge in [0, 0.05) is 13.1 Å². The number of nitrogens with zero attached hydrogens (tertiary/aromatic N) is 2. The first kappa shape index (κ1) is 12.7. The third-order valence-electron chi connectivity index (χ3n) is 3.31. The van der Waals surface area contributed by atoms with Gasteiger partial charge in [0.25, 0.3) is 0 Å². The zero-order chi connectivity index (χ0) is 13.0. The molecule has 2 rings (SSSR count). The Morgan fingerprint density at radius 1 is 1.33 bits per heavy atom. The van der Waals surface area contributed by atoms with Crippen molar-refractivity contribution in [2.45, 2.75) is 13.0 Å². The molecule has 0 spiro atoms. The highest BCUT2D eigenvalue weighted by Gasteiger charge is 2.22. The van der Waals surface area contributed by atoms with E-state index in [1.165, 1.54) is 5.56 Å². The maximum absolute atomic E-state index is 8.89. The molecule has 1 fully saturated rings. The van der Waals surface area contributed by atoms with Crippen LogP contribution in [0.2, 0.25) is 0 Å². The molecule has 4 nitrogen and oxygen atoms in total. The fraction of sp³-hybridized carbons (Fsp3) is 0.500. The van der Waals surface area contributed by atoms with Crippen LogP contribution in [0.25, 0.3) is 0 Å². The maximum Gasteiger partial charge on any atom is 0.161 e. The van der Waals surface area contributed by atoms with Gasteiger partial charge in [-0.3, -0.25) is 4.90 Å². The van der Waals surface area contributed by atoms with Crippen molar-refractivity contribution < 1.29 is 9.47 Å². The normalized spacial score (nSPS) is 19.5. The number of rotatable bonds is 4. The number of benzene rings is 1. The molecular formula is C14H18N2O2. The quantitative estimate of drug-likeness (QED) is 0.815. The van der Waals surface area contributed by atoms with Crippen LogP contribution in [0.5, 0.6) is 11.5 Å². The van der Waals surface area contributed by atoms with Crippen molar-refractivity contribution in [3.8, 4) is 17.6 Å². The summed E-state index contributed by atoms with van der Waals surface area (Å²) in [4.78, 5) is 2.30. The van der Waals surface area contributed by atoms with Gasteiger partial charge >= 0.3 is 0 Å². The van der Waals surface area contributed by atoms with E-state index in [1.54, 1.807) is 14.2 Å². The third kappa shape index (κ3) is 2.74. The highest BCUT2D eigenvalue weighted by atomic mass is 16.5. The van der Waals surface area contributed by atoms with Gasteiger partial charge in [0.1, 0.15) is 0 Å². The van der Waals surface area contributed by atoms with Crippen LogP contribution in [0.4, 0.5) is 0 Å². The molecule has 0 N–H and O–H groups in total. The van der Waals surface area contributed by atoms with E-state index in [4.69, 9.17) is 14.7 Å². The van der Waals surface area contributed by atoms with Crippen molar-refractivity contribution >= 4 is 0 Å². The number of ether oxygens (including phenoxy) is 2. The minimum absolute atomic E-state index is 0.185. The van der Waals surface area contributed by atoms with E-state index in [0.717, 1.165) is 37.6 Å². The Labute approximate surface area is 108 Å². The Kier molecular flexibility index (Phi) is 4.06. The molecule has 96 valence electrons. The third-order valence-corrected chi connectivity index (χ3v) is 3.31. The van der Waals surface area contributed by atoms with Crippen molar-refractivity contribution in [3.63, 3.8) is 0 Å². The molecule has 1 unspecified atom stereocenters. The van der Waals surface area contributed by atoms with Crippen LogP contribution in [0.15, 0.2) is 18.2 Å². The molecule has 4 heteroatoms. The molecular weight excluding hydrogens is 228 g/mol. The van der Waals surface area contributed by atoms with Crippen LogP contribution in [0.3, 0.4) is 0 Å². The average Bonchev–Trinajstić information content (AvgIpc) is 2.86. The Hall–Kier alpha value is -1.73. The Morgan fingerprint density at radius 2 is 2.11 bits per heavy atom. The second-order valence-corrected chi connectivity index (χ2v) is 4.54. The van der Waals surface area contributed by atoms with E-state index in [9.17, 15) is 0 Å². The fourth-order valence-electron chi connectivity index (χ4n) is 2.32. The minimum atomic E-state index is 0.185. The van der Waals surface area contributed by atoms with Gasteiger partial charge in [-0.15, -0.1) is 0 Å². The molecule has 0 radical (unpaired) electrons. The molecule has 1 aliphatic rings. The van der Waals surface area contributed by atoms with Crippen LogP contribution in [-0.4, -0.2) is 32.2 Å². The standard InChI is InChI=1S/C14H18N2O2/c1-17-13-4-3-11(7-14(13)18-2)9-16-6-5-12(8-15)10-16/h3-4,7,12H,5-6,9-10H2,1-2H3. The Morgan fingerprint density at radius 3 is 2.72 bits per heavy atom. The zero-order valence-electron chi connectivity index (χ0n) is 10.8. The van der Waals surface area contributed by atoms with E-state index in [0.29, 0.717) is 0 Å². The first-order valence-electron chi connectivity index (χ1n) is 6.09. The summed E-state index contributed by atoms with van der Waals surface area (Å²) >= 11 is 0. The molecule has 1 saturated heterocycles. The lowest BCUT2D eigenvalue weighted by Crippen LogP contribution is -2.19. The summed E-state index contributed by atoms with van der Waals surface area (Å²) in [6.45, 7) is 2.72. The number of hydrogen-bond acceptors (Lipinski definition) is 4. The Bertz CT molecular complexity index is 454. The lowest BCUT2D eigenvalue weighted by molar-refractivity contribution is 0.322. The molecule has 1 aromatic rings. The van der Waals surface area contributed by atoms with E-state index in [-0.39, 0.29) is 5.92 Å². The summed E-state index contributed by atoms with van der Waals surface area (Å²) in [7, 11) is 3.28.